The zero-order chi connectivity index (χ0) is 14.3. The van der Waals surface area contributed by atoms with Crippen LogP contribution in [0, 0.1) is 0 Å². The largest absolute Gasteiger partial charge is 0.265 e. The van der Waals surface area contributed by atoms with Gasteiger partial charge in [-0.3, -0.25) is 9.98 Å². The summed E-state index contributed by atoms with van der Waals surface area (Å²) in [7, 11) is 0. The quantitative estimate of drug-likeness (QED) is 0.743. The maximum absolute atomic E-state index is 4.33. The summed E-state index contributed by atoms with van der Waals surface area (Å²) in [4.78, 5) is 8.66. The van der Waals surface area contributed by atoms with Crippen molar-refractivity contribution in [1.29, 1.82) is 0 Å². The number of hydrogen-bond donors (Lipinski definition) is 0. The van der Waals surface area contributed by atoms with Crippen LogP contribution in [0.3, 0.4) is 0 Å². The Balaban J connectivity index is 1.70. The fourth-order valence-corrected chi connectivity index (χ4v) is 2.86. The van der Waals surface area contributed by atoms with Gasteiger partial charge in [0.25, 0.3) is 0 Å². The normalized spacial score (nSPS) is 14.1. The first-order valence-electron chi connectivity index (χ1n) is 7.58. The maximum atomic E-state index is 4.33. The van der Waals surface area contributed by atoms with E-state index in [0.29, 0.717) is 5.92 Å². The van der Waals surface area contributed by atoms with Crippen molar-refractivity contribution < 1.29 is 0 Å². The highest BCUT2D eigenvalue weighted by Gasteiger charge is 2.15. The van der Waals surface area contributed by atoms with Crippen molar-refractivity contribution in [3.8, 4) is 0 Å². The average molecular weight is 276 g/mol. The van der Waals surface area contributed by atoms with Crippen LogP contribution in [0.5, 0.6) is 0 Å². The molecule has 0 aliphatic carbocycles. The van der Waals surface area contributed by atoms with Crippen LogP contribution >= 0.6 is 0 Å². The minimum atomic E-state index is 0.150. The van der Waals surface area contributed by atoms with Gasteiger partial charge in [-0.25, -0.2) is 0 Å². The van der Waals surface area contributed by atoms with E-state index < -0.39 is 0 Å². The standard InChI is InChI=1S/C19H20N2/c1-3-8-16(9-4-1)18(17-10-5-2-6-11-17)12-7-13-19-20-14-15-21-19/h1-6,8-11,14-15,18-19H,7,12-13H2. The van der Waals surface area contributed by atoms with Crippen molar-refractivity contribution in [2.75, 3.05) is 0 Å². The van der Waals surface area contributed by atoms with E-state index in [1.807, 2.05) is 0 Å². The van der Waals surface area contributed by atoms with Crippen molar-refractivity contribution in [2.24, 2.45) is 9.98 Å². The molecular formula is C19H20N2. The second kappa shape index (κ2) is 6.98. The topological polar surface area (TPSA) is 24.7 Å². The number of rotatable bonds is 6. The van der Waals surface area contributed by atoms with Gasteiger partial charge in [0.15, 0.2) is 0 Å². The van der Waals surface area contributed by atoms with Gasteiger partial charge in [-0.15, -0.1) is 0 Å². The molecule has 0 unspecified atom stereocenters. The monoisotopic (exact) mass is 276 g/mol. The lowest BCUT2D eigenvalue weighted by Crippen LogP contribution is -2.04. The molecule has 2 aromatic rings. The molecule has 1 heterocycles. The van der Waals surface area contributed by atoms with Crippen molar-refractivity contribution >= 4 is 12.4 Å². The second-order valence-electron chi connectivity index (χ2n) is 5.38. The molecule has 2 aromatic carbocycles. The van der Waals surface area contributed by atoms with Crippen LogP contribution in [0.4, 0.5) is 0 Å². The summed E-state index contributed by atoms with van der Waals surface area (Å²) >= 11 is 0. The van der Waals surface area contributed by atoms with E-state index in [1.165, 1.54) is 11.1 Å². The van der Waals surface area contributed by atoms with Gasteiger partial charge in [0, 0.05) is 18.3 Å². The van der Waals surface area contributed by atoms with Gasteiger partial charge < -0.3 is 0 Å². The third-order valence-corrected chi connectivity index (χ3v) is 3.94. The first-order valence-corrected chi connectivity index (χ1v) is 7.58. The molecule has 2 nitrogen and oxygen atoms in total. The van der Waals surface area contributed by atoms with Crippen LogP contribution in [0.15, 0.2) is 70.6 Å². The minimum Gasteiger partial charge on any atom is -0.265 e. The maximum Gasteiger partial charge on any atom is 0.139 e. The molecule has 0 saturated carbocycles. The Morgan fingerprint density at radius 1 is 0.762 bits per heavy atom. The Morgan fingerprint density at radius 3 is 1.81 bits per heavy atom. The lowest BCUT2D eigenvalue weighted by Gasteiger charge is -2.18. The molecule has 0 saturated heterocycles. The van der Waals surface area contributed by atoms with Gasteiger partial charge in [0.05, 0.1) is 0 Å². The Bertz CT molecular complexity index is 550. The predicted octanol–water partition coefficient (Wildman–Crippen LogP) is 4.47. The number of benzene rings is 2. The van der Waals surface area contributed by atoms with Gasteiger partial charge in [-0.05, 0) is 30.4 Å². The van der Waals surface area contributed by atoms with Crippen LogP contribution in [-0.2, 0) is 0 Å². The molecule has 1 aliphatic heterocycles. The Morgan fingerprint density at radius 2 is 1.29 bits per heavy atom. The van der Waals surface area contributed by atoms with E-state index >= 15 is 0 Å². The molecule has 1 aliphatic rings. The molecule has 21 heavy (non-hydrogen) atoms. The van der Waals surface area contributed by atoms with Crippen LogP contribution in [-0.4, -0.2) is 18.6 Å². The van der Waals surface area contributed by atoms with Gasteiger partial charge >= 0.3 is 0 Å². The van der Waals surface area contributed by atoms with E-state index in [4.69, 9.17) is 0 Å². The van der Waals surface area contributed by atoms with Gasteiger partial charge in [-0.1, -0.05) is 60.7 Å². The number of aliphatic imine (C=N–C) groups is 2. The van der Waals surface area contributed by atoms with Crippen LogP contribution < -0.4 is 0 Å². The molecule has 3 rings (SSSR count). The summed E-state index contributed by atoms with van der Waals surface area (Å²) in [6.45, 7) is 0. The Kier molecular flexibility index (Phi) is 4.57. The smallest absolute Gasteiger partial charge is 0.139 e. The van der Waals surface area contributed by atoms with Gasteiger partial charge in [0.1, 0.15) is 6.17 Å². The Hall–Kier alpha value is -2.22. The molecule has 0 fully saturated rings. The van der Waals surface area contributed by atoms with Gasteiger partial charge in [0.2, 0.25) is 0 Å². The fraction of sp³-hybridized carbons (Fsp3) is 0.263. The van der Waals surface area contributed by atoms with E-state index in [9.17, 15) is 0 Å². The summed E-state index contributed by atoms with van der Waals surface area (Å²) in [5, 5.41) is 0. The highest BCUT2D eigenvalue weighted by molar-refractivity contribution is 6.17. The van der Waals surface area contributed by atoms with E-state index in [-0.39, 0.29) is 6.17 Å². The zero-order valence-electron chi connectivity index (χ0n) is 12.1. The molecule has 0 radical (unpaired) electrons. The van der Waals surface area contributed by atoms with Gasteiger partial charge in [-0.2, -0.15) is 0 Å². The average Bonchev–Trinajstić information content (AvgIpc) is 3.07. The lowest BCUT2D eigenvalue weighted by atomic mass is 9.87. The third kappa shape index (κ3) is 3.66. The molecule has 0 atom stereocenters. The first kappa shape index (κ1) is 13.7. The minimum absolute atomic E-state index is 0.150. The first-order chi connectivity index (χ1) is 10.4. The van der Waals surface area contributed by atoms with E-state index in [1.54, 1.807) is 12.4 Å². The fourth-order valence-electron chi connectivity index (χ4n) is 2.86. The highest BCUT2D eigenvalue weighted by atomic mass is 15.0. The predicted molar refractivity (Wildman–Crippen MR) is 89.4 cm³/mol. The molecule has 0 amide bonds. The van der Waals surface area contributed by atoms with Crippen molar-refractivity contribution in [3.05, 3.63) is 71.8 Å². The van der Waals surface area contributed by atoms with Crippen LogP contribution in [0.25, 0.3) is 0 Å². The number of nitrogens with zero attached hydrogens (tertiary/aromatic N) is 2. The highest BCUT2D eigenvalue weighted by Crippen LogP contribution is 2.30. The summed E-state index contributed by atoms with van der Waals surface area (Å²) in [5.41, 5.74) is 2.78. The molecule has 106 valence electrons. The Labute approximate surface area is 126 Å². The summed E-state index contributed by atoms with van der Waals surface area (Å²) in [6.07, 6.45) is 7.05. The van der Waals surface area contributed by atoms with E-state index in [0.717, 1.165) is 19.3 Å². The SMILES string of the molecule is C1=NC(CCCC(c2ccccc2)c2ccccc2)N=C1. The van der Waals surface area contributed by atoms with Crippen molar-refractivity contribution in [1.82, 2.24) is 0 Å². The lowest BCUT2D eigenvalue weighted by molar-refractivity contribution is 0.566. The van der Waals surface area contributed by atoms with Crippen LogP contribution in [0.1, 0.15) is 36.3 Å². The van der Waals surface area contributed by atoms with E-state index in [2.05, 4.69) is 70.6 Å². The van der Waals surface area contributed by atoms with Crippen LogP contribution in [0.2, 0.25) is 0 Å². The summed E-state index contributed by atoms with van der Waals surface area (Å²) in [6, 6.07) is 21.5. The van der Waals surface area contributed by atoms with Crippen molar-refractivity contribution in [2.45, 2.75) is 31.3 Å². The summed E-state index contributed by atoms with van der Waals surface area (Å²) < 4.78 is 0. The van der Waals surface area contributed by atoms with Crippen molar-refractivity contribution in [3.63, 3.8) is 0 Å². The molecule has 0 bridgehead atoms. The molecule has 0 aromatic heterocycles. The molecule has 0 N–H and O–H groups in total. The third-order valence-electron chi connectivity index (χ3n) is 3.94. The molecular weight excluding hydrogens is 256 g/mol. The molecule has 2 heteroatoms. The summed E-state index contributed by atoms with van der Waals surface area (Å²) in [5.74, 6) is 0.460. The molecule has 0 spiro atoms. The second-order valence-corrected chi connectivity index (χ2v) is 5.38. The number of hydrogen-bond acceptors (Lipinski definition) is 2. The zero-order valence-corrected chi connectivity index (χ0v) is 12.1.